The number of rotatable bonds is 1. The molecular formula is C14H8ClN3O. The second-order valence-corrected chi connectivity index (χ2v) is 4.41. The van der Waals surface area contributed by atoms with E-state index in [1.165, 1.54) is 0 Å². The van der Waals surface area contributed by atoms with Gasteiger partial charge in [-0.25, -0.2) is 9.97 Å². The van der Waals surface area contributed by atoms with E-state index in [4.69, 9.17) is 21.3 Å². The molecule has 1 aromatic carbocycles. The number of nitrogens with zero attached hydrogens (tertiary/aromatic N) is 3. The summed E-state index contributed by atoms with van der Waals surface area (Å²) in [6.07, 6.45) is 1.58. The van der Waals surface area contributed by atoms with Crippen LogP contribution in [0.3, 0.4) is 0 Å². The third-order valence-electron chi connectivity index (χ3n) is 2.82. The highest BCUT2D eigenvalue weighted by atomic mass is 35.5. The van der Waals surface area contributed by atoms with Crippen molar-refractivity contribution in [1.82, 2.24) is 9.97 Å². The van der Waals surface area contributed by atoms with Crippen LogP contribution in [0.15, 0.2) is 34.9 Å². The predicted molar refractivity (Wildman–Crippen MR) is 71.7 cm³/mol. The van der Waals surface area contributed by atoms with Gasteiger partial charge in [0.2, 0.25) is 0 Å². The Bertz CT molecular complexity index is 817. The van der Waals surface area contributed by atoms with Crippen molar-refractivity contribution >= 4 is 22.7 Å². The molecule has 0 saturated carbocycles. The lowest BCUT2D eigenvalue weighted by atomic mass is 10.0. The summed E-state index contributed by atoms with van der Waals surface area (Å²) in [4.78, 5) is 8.19. The molecule has 0 fully saturated rings. The maximum atomic E-state index is 9.17. The Kier molecular flexibility index (Phi) is 2.69. The minimum Gasteiger partial charge on any atom is -0.441 e. The van der Waals surface area contributed by atoms with Crippen LogP contribution in [-0.4, -0.2) is 9.97 Å². The van der Waals surface area contributed by atoms with Crippen LogP contribution >= 0.6 is 11.6 Å². The molecule has 2 heterocycles. The maximum absolute atomic E-state index is 9.17. The normalized spacial score (nSPS) is 10.6. The van der Waals surface area contributed by atoms with E-state index >= 15 is 0 Å². The van der Waals surface area contributed by atoms with Gasteiger partial charge in [-0.2, -0.15) is 5.26 Å². The Morgan fingerprint density at radius 1 is 1.32 bits per heavy atom. The van der Waals surface area contributed by atoms with Gasteiger partial charge < -0.3 is 4.42 Å². The first-order valence-corrected chi connectivity index (χ1v) is 5.99. The number of oxazole rings is 1. The van der Waals surface area contributed by atoms with Crippen LogP contribution in [-0.2, 0) is 0 Å². The summed E-state index contributed by atoms with van der Waals surface area (Å²) in [6, 6.07) is 9.42. The molecule has 19 heavy (non-hydrogen) atoms. The maximum Gasteiger partial charge on any atom is 0.192 e. The summed E-state index contributed by atoms with van der Waals surface area (Å²) in [5.74, 6) is 0.611. The van der Waals surface area contributed by atoms with E-state index in [-0.39, 0.29) is 5.15 Å². The molecule has 0 atom stereocenters. The van der Waals surface area contributed by atoms with Crippen LogP contribution in [0.1, 0.15) is 11.5 Å². The van der Waals surface area contributed by atoms with Crippen LogP contribution in [0.2, 0.25) is 5.15 Å². The summed E-state index contributed by atoms with van der Waals surface area (Å²) in [6.45, 7) is 1.80. The number of fused-ring (bicyclic) bond motifs is 1. The average molecular weight is 270 g/mol. The number of nitriles is 1. The molecule has 0 aliphatic heterocycles. The van der Waals surface area contributed by atoms with Crippen molar-refractivity contribution < 1.29 is 4.42 Å². The van der Waals surface area contributed by atoms with Gasteiger partial charge in [0.05, 0.1) is 5.56 Å². The second kappa shape index (κ2) is 4.38. The largest absolute Gasteiger partial charge is 0.441 e. The summed E-state index contributed by atoms with van der Waals surface area (Å²) in [5.41, 5.74) is 3.45. The fourth-order valence-corrected chi connectivity index (χ4v) is 2.19. The third-order valence-corrected chi connectivity index (χ3v) is 3.11. The van der Waals surface area contributed by atoms with Gasteiger partial charge in [-0.15, -0.1) is 0 Å². The summed E-state index contributed by atoms with van der Waals surface area (Å²) in [7, 11) is 0. The van der Waals surface area contributed by atoms with Gasteiger partial charge in [0.1, 0.15) is 16.7 Å². The standard InChI is InChI=1S/C14H8ClN3O/c1-8-18-12-6-9(2-3-13(12)19-8)10-4-5-17-14(15)11(10)7-16/h2-6H,1H3. The minimum atomic E-state index is 0.205. The van der Waals surface area contributed by atoms with Crippen molar-refractivity contribution in [3.8, 4) is 17.2 Å². The summed E-state index contributed by atoms with van der Waals surface area (Å²) in [5, 5.41) is 9.37. The van der Waals surface area contributed by atoms with Crippen molar-refractivity contribution in [3.05, 3.63) is 47.1 Å². The van der Waals surface area contributed by atoms with Crippen LogP contribution in [0.25, 0.3) is 22.2 Å². The molecule has 0 aliphatic carbocycles. The van der Waals surface area contributed by atoms with Gasteiger partial charge in [0.25, 0.3) is 0 Å². The molecule has 0 amide bonds. The molecule has 0 N–H and O–H groups in total. The molecule has 0 aliphatic rings. The lowest BCUT2D eigenvalue weighted by Gasteiger charge is -2.04. The number of hydrogen-bond acceptors (Lipinski definition) is 4. The highest BCUT2D eigenvalue weighted by Crippen LogP contribution is 2.29. The van der Waals surface area contributed by atoms with E-state index in [2.05, 4.69) is 16.0 Å². The highest BCUT2D eigenvalue weighted by molar-refractivity contribution is 6.31. The Morgan fingerprint density at radius 3 is 2.95 bits per heavy atom. The Labute approximate surface area is 114 Å². The summed E-state index contributed by atoms with van der Waals surface area (Å²) >= 11 is 5.93. The topological polar surface area (TPSA) is 62.7 Å². The van der Waals surface area contributed by atoms with Crippen molar-refractivity contribution in [3.63, 3.8) is 0 Å². The molecule has 3 aromatic rings. The first-order valence-electron chi connectivity index (χ1n) is 5.61. The predicted octanol–water partition coefficient (Wildman–Crippen LogP) is 3.72. The van der Waals surface area contributed by atoms with Gasteiger partial charge in [0, 0.05) is 18.7 Å². The average Bonchev–Trinajstić information content (AvgIpc) is 2.77. The smallest absolute Gasteiger partial charge is 0.192 e. The lowest BCUT2D eigenvalue weighted by molar-refractivity contribution is 0.561. The van der Waals surface area contributed by atoms with Crippen LogP contribution in [0.4, 0.5) is 0 Å². The van der Waals surface area contributed by atoms with Gasteiger partial charge in [-0.3, -0.25) is 0 Å². The molecule has 0 saturated heterocycles. The Morgan fingerprint density at radius 2 is 2.16 bits per heavy atom. The molecule has 0 radical (unpaired) electrons. The number of pyridine rings is 1. The number of benzene rings is 1. The third kappa shape index (κ3) is 1.94. The number of aryl methyl sites for hydroxylation is 1. The SMILES string of the molecule is Cc1nc2cc(-c3ccnc(Cl)c3C#N)ccc2o1. The zero-order valence-corrected chi connectivity index (χ0v) is 10.8. The molecule has 5 heteroatoms. The Hall–Kier alpha value is -2.38. The summed E-state index contributed by atoms with van der Waals surface area (Å²) < 4.78 is 5.42. The lowest BCUT2D eigenvalue weighted by Crippen LogP contribution is -1.88. The molecular weight excluding hydrogens is 262 g/mol. The molecule has 2 aromatic heterocycles. The fraction of sp³-hybridized carbons (Fsp3) is 0.0714. The quantitative estimate of drug-likeness (QED) is 0.632. The molecule has 0 unspecified atom stereocenters. The first-order chi connectivity index (χ1) is 9.19. The van der Waals surface area contributed by atoms with E-state index in [0.29, 0.717) is 11.5 Å². The monoisotopic (exact) mass is 269 g/mol. The van der Waals surface area contributed by atoms with E-state index in [1.807, 2.05) is 18.2 Å². The van der Waals surface area contributed by atoms with Gasteiger partial charge in [0.15, 0.2) is 11.5 Å². The van der Waals surface area contributed by atoms with E-state index < -0.39 is 0 Å². The minimum absolute atomic E-state index is 0.205. The molecule has 3 rings (SSSR count). The zero-order valence-electron chi connectivity index (χ0n) is 10.0. The molecule has 0 spiro atoms. The highest BCUT2D eigenvalue weighted by Gasteiger charge is 2.11. The van der Waals surface area contributed by atoms with Crippen molar-refractivity contribution in [2.75, 3.05) is 0 Å². The van der Waals surface area contributed by atoms with Gasteiger partial charge in [-0.05, 0) is 23.8 Å². The van der Waals surface area contributed by atoms with Crippen LogP contribution in [0, 0.1) is 18.3 Å². The fourth-order valence-electron chi connectivity index (χ4n) is 1.99. The number of halogens is 1. The Balaban J connectivity index is 2.25. The van der Waals surface area contributed by atoms with Crippen molar-refractivity contribution in [2.45, 2.75) is 6.92 Å². The van der Waals surface area contributed by atoms with E-state index in [9.17, 15) is 0 Å². The van der Waals surface area contributed by atoms with Crippen molar-refractivity contribution in [1.29, 1.82) is 5.26 Å². The number of aromatic nitrogens is 2. The second-order valence-electron chi connectivity index (χ2n) is 4.05. The van der Waals surface area contributed by atoms with Gasteiger partial charge >= 0.3 is 0 Å². The first kappa shape index (κ1) is 11.7. The van der Waals surface area contributed by atoms with Crippen LogP contribution < -0.4 is 0 Å². The van der Waals surface area contributed by atoms with Crippen molar-refractivity contribution in [2.24, 2.45) is 0 Å². The molecule has 4 nitrogen and oxygen atoms in total. The van der Waals surface area contributed by atoms with Crippen LogP contribution in [0.5, 0.6) is 0 Å². The van der Waals surface area contributed by atoms with E-state index in [0.717, 1.165) is 22.2 Å². The number of hydrogen-bond donors (Lipinski definition) is 0. The van der Waals surface area contributed by atoms with Gasteiger partial charge in [-0.1, -0.05) is 17.7 Å². The van der Waals surface area contributed by atoms with E-state index in [1.54, 1.807) is 19.2 Å². The molecule has 0 bridgehead atoms. The zero-order chi connectivity index (χ0) is 13.4. The molecule has 92 valence electrons.